The molecule has 114 valence electrons. The number of nitrogens with zero attached hydrogens (tertiary/aromatic N) is 2. The molecule has 0 amide bonds. The first-order valence-electron chi connectivity index (χ1n) is 6.01. The summed E-state index contributed by atoms with van der Waals surface area (Å²) in [5.41, 5.74) is 0. The van der Waals surface area contributed by atoms with Crippen LogP contribution in [0.5, 0.6) is 11.5 Å². The van der Waals surface area contributed by atoms with Crippen molar-refractivity contribution >= 4 is 16.5 Å². The Kier molecular flexibility index (Phi) is 4.84. The van der Waals surface area contributed by atoms with E-state index in [1.165, 1.54) is 35.6 Å². The Hall–Kier alpha value is -2.03. The van der Waals surface area contributed by atoms with E-state index in [1.54, 1.807) is 0 Å². The number of hydrogen-bond donors (Lipinski definition) is 1. The van der Waals surface area contributed by atoms with Gasteiger partial charge < -0.3 is 14.8 Å². The van der Waals surface area contributed by atoms with Crippen molar-refractivity contribution in [3.8, 4) is 11.5 Å². The van der Waals surface area contributed by atoms with Gasteiger partial charge in [-0.25, -0.2) is 0 Å². The molecule has 0 aliphatic rings. The van der Waals surface area contributed by atoms with Crippen LogP contribution in [0.2, 0.25) is 0 Å². The average Bonchev–Trinajstić information content (AvgIpc) is 2.84. The van der Waals surface area contributed by atoms with Gasteiger partial charge in [-0.15, -0.1) is 23.4 Å². The number of rotatable bonds is 6. The molecule has 5 nitrogen and oxygen atoms in total. The van der Waals surface area contributed by atoms with Gasteiger partial charge in [-0.2, -0.15) is 0 Å². The lowest BCUT2D eigenvalue weighted by atomic mass is 10.3. The minimum Gasteiger partial charge on any atom is -0.486 e. The molecular weight excluding hydrogens is 307 g/mol. The highest BCUT2D eigenvalue weighted by Gasteiger charge is 2.30. The van der Waals surface area contributed by atoms with E-state index in [9.17, 15) is 13.2 Å². The predicted octanol–water partition coefficient (Wildman–Crippen LogP) is 3.45. The third-order valence-corrected chi connectivity index (χ3v) is 3.07. The molecule has 1 heterocycles. The monoisotopic (exact) mass is 319 g/mol. The predicted molar refractivity (Wildman–Crippen MR) is 71.5 cm³/mol. The van der Waals surface area contributed by atoms with Gasteiger partial charge in [0, 0.05) is 6.54 Å². The van der Waals surface area contributed by atoms with Gasteiger partial charge in [-0.3, -0.25) is 0 Å². The summed E-state index contributed by atoms with van der Waals surface area (Å²) in [6.45, 7) is 2.89. The van der Waals surface area contributed by atoms with Gasteiger partial charge in [-0.05, 0) is 31.2 Å². The van der Waals surface area contributed by atoms with Crippen LogP contribution in [0.15, 0.2) is 24.3 Å². The highest BCUT2D eigenvalue weighted by molar-refractivity contribution is 7.15. The maximum absolute atomic E-state index is 12.0. The summed E-state index contributed by atoms with van der Waals surface area (Å²) in [6, 6.07) is 5.17. The first-order chi connectivity index (χ1) is 9.96. The van der Waals surface area contributed by atoms with Gasteiger partial charge in [0.2, 0.25) is 5.13 Å². The molecule has 0 bridgehead atoms. The molecule has 1 aromatic carbocycles. The molecule has 0 saturated carbocycles. The summed E-state index contributed by atoms with van der Waals surface area (Å²) in [6.07, 6.45) is -4.70. The number of benzene rings is 1. The first kappa shape index (κ1) is 15.4. The van der Waals surface area contributed by atoms with E-state index in [0.717, 1.165) is 6.54 Å². The van der Waals surface area contributed by atoms with E-state index in [4.69, 9.17) is 4.74 Å². The minimum atomic E-state index is -4.70. The largest absolute Gasteiger partial charge is 0.573 e. The quantitative estimate of drug-likeness (QED) is 0.884. The highest BCUT2D eigenvalue weighted by atomic mass is 32.1. The van der Waals surface area contributed by atoms with E-state index in [1.807, 2.05) is 6.92 Å². The van der Waals surface area contributed by atoms with Crippen LogP contribution in [0.25, 0.3) is 0 Å². The first-order valence-corrected chi connectivity index (χ1v) is 6.83. The van der Waals surface area contributed by atoms with E-state index in [2.05, 4.69) is 20.3 Å². The van der Waals surface area contributed by atoms with Crippen molar-refractivity contribution in [3.63, 3.8) is 0 Å². The van der Waals surface area contributed by atoms with Crippen LogP contribution in [0.4, 0.5) is 18.3 Å². The van der Waals surface area contributed by atoms with Crippen LogP contribution in [-0.2, 0) is 6.61 Å². The van der Waals surface area contributed by atoms with Crippen LogP contribution in [-0.4, -0.2) is 23.1 Å². The molecule has 2 aromatic rings. The van der Waals surface area contributed by atoms with Crippen LogP contribution < -0.4 is 14.8 Å². The summed E-state index contributed by atoms with van der Waals surface area (Å²) < 4.78 is 45.2. The molecule has 0 radical (unpaired) electrons. The van der Waals surface area contributed by atoms with Crippen molar-refractivity contribution < 1.29 is 22.6 Å². The second-order valence-corrected chi connectivity index (χ2v) is 4.90. The Morgan fingerprint density at radius 2 is 1.81 bits per heavy atom. The van der Waals surface area contributed by atoms with Crippen molar-refractivity contribution in [1.29, 1.82) is 0 Å². The van der Waals surface area contributed by atoms with Crippen molar-refractivity contribution in [3.05, 3.63) is 29.3 Å². The standard InChI is InChI=1S/C12H12F3N3O2S/c1-2-16-11-18-17-10(21-11)7-19-8-3-5-9(6-4-8)20-12(13,14)15/h3-6H,2,7H2,1H3,(H,16,18). The summed E-state index contributed by atoms with van der Waals surface area (Å²) in [5.74, 6) is 0.130. The fourth-order valence-corrected chi connectivity index (χ4v) is 2.14. The molecule has 0 unspecified atom stereocenters. The van der Waals surface area contributed by atoms with Gasteiger partial charge in [0.05, 0.1) is 0 Å². The zero-order valence-corrected chi connectivity index (χ0v) is 11.8. The molecule has 2 rings (SSSR count). The van der Waals surface area contributed by atoms with Gasteiger partial charge in [0.25, 0.3) is 0 Å². The molecule has 0 atom stereocenters. The summed E-state index contributed by atoms with van der Waals surface area (Å²) >= 11 is 1.36. The number of aromatic nitrogens is 2. The summed E-state index contributed by atoms with van der Waals surface area (Å²) in [5, 5.41) is 12.2. The lowest BCUT2D eigenvalue weighted by Gasteiger charge is -2.09. The Labute approximate surface area is 122 Å². The van der Waals surface area contributed by atoms with Gasteiger partial charge in [0.15, 0.2) is 5.01 Å². The third-order valence-electron chi connectivity index (χ3n) is 2.21. The van der Waals surface area contributed by atoms with Crippen LogP contribution in [0.1, 0.15) is 11.9 Å². The maximum Gasteiger partial charge on any atom is 0.573 e. The molecule has 0 aliphatic carbocycles. The fraction of sp³-hybridized carbons (Fsp3) is 0.333. The number of hydrogen-bond acceptors (Lipinski definition) is 6. The van der Waals surface area contributed by atoms with Crippen molar-refractivity contribution in [2.75, 3.05) is 11.9 Å². The number of nitrogens with one attached hydrogen (secondary N) is 1. The van der Waals surface area contributed by atoms with Gasteiger partial charge in [0.1, 0.15) is 18.1 Å². The van der Waals surface area contributed by atoms with Gasteiger partial charge in [-0.1, -0.05) is 11.3 Å². The van der Waals surface area contributed by atoms with Crippen LogP contribution in [0, 0.1) is 0 Å². The molecular formula is C12H12F3N3O2S. The molecule has 0 fully saturated rings. The minimum absolute atomic E-state index is 0.197. The lowest BCUT2D eigenvalue weighted by molar-refractivity contribution is -0.274. The SMILES string of the molecule is CCNc1nnc(COc2ccc(OC(F)(F)F)cc2)s1. The number of anilines is 1. The molecule has 9 heteroatoms. The molecule has 0 saturated heterocycles. The molecule has 21 heavy (non-hydrogen) atoms. The molecule has 0 spiro atoms. The highest BCUT2D eigenvalue weighted by Crippen LogP contribution is 2.25. The average molecular weight is 319 g/mol. The topological polar surface area (TPSA) is 56.3 Å². The third kappa shape index (κ3) is 5.10. The molecule has 1 aromatic heterocycles. The van der Waals surface area contributed by atoms with E-state index in [0.29, 0.717) is 15.9 Å². The smallest absolute Gasteiger partial charge is 0.486 e. The zero-order valence-electron chi connectivity index (χ0n) is 11.0. The second-order valence-electron chi connectivity index (χ2n) is 3.84. The van der Waals surface area contributed by atoms with Crippen molar-refractivity contribution in [1.82, 2.24) is 10.2 Å². The normalized spacial score (nSPS) is 11.2. The number of alkyl halides is 3. The Balaban J connectivity index is 1.88. The van der Waals surface area contributed by atoms with E-state index < -0.39 is 6.36 Å². The Morgan fingerprint density at radius 3 is 2.43 bits per heavy atom. The zero-order chi connectivity index (χ0) is 15.3. The van der Waals surface area contributed by atoms with Gasteiger partial charge >= 0.3 is 6.36 Å². The molecule has 0 aliphatic heterocycles. The number of halogens is 3. The maximum atomic E-state index is 12.0. The van der Waals surface area contributed by atoms with Crippen LogP contribution >= 0.6 is 11.3 Å². The lowest BCUT2D eigenvalue weighted by Crippen LogP contribution is -2.16. The van der Waals surface area contributed by atoms with Crippen LogP contribution in [0.3, 0.4) is 0 Å². The van der Waals surface area contributed by atoms with Crippen molar-refractivity contribution in [2.24, 2.45) is 0 Å². The fourth-order valence-electron chi connectivity index (χ4n) is 1.42. The summed E-state index contributed by atoms with van der Waals surface area (Å²) in [4.78, 5) is 0. The molecule has 1 N–H and O–H groups in total. The summed E-state index contributed by atoms with van der Waals surface area (Å²) in [7, 11) is 0. The number of ether oxygens (including phenoxy) is 2. The Bertz CT molecular complexity index is 572. The van der Waals surface area contributed by atoms with E-state index >= 15 is 0 Å². The Morgan fingerprint density at radius 1 is 1.14 bits per heavy atom. The second kappa shape index (κ2) is 6.61. The van der Waals surface area contributed by atoms with Crippen molar-refractivity contribution in [2.45, 2.75) is 19.9 Å². The van der Waals surface area contributed by atoms with E-state index in [-0.39, 0.29) is 12.4 Å².